The van der Waals surface area contributed by atoms with E-state index in [0.29, 0.717) is 16.3 Å². The standard InChI is InChI=1S/C10H12ClF2NO.ClH/c1-15-9-4-6(2-3-7(9)11)8(14)5-10(12)13;/h2-4,8,10H,5,14H2,1H3;1H/t8-;/m1./s1. The summed E-state index contributed by atoms with van der Waals surface area (Å²) >= 11 is 5.79. The van der Waals surface area contributed by atoms with E-state index in [9.17, 15) is 8.78 Å². The van der Waals surface area contributed by atoms with Crippen LogP contribution in [0.4, 0.5) is 8.78 Å². The SMILES string of the molecule is COc1cc([C@H](N)CC(F)F)ccc1Cl.Cl. The fraction of sp³-hybridized carbons (Fsp3) is 0.400. The summed E-state index contributed by atoms with van der Waals surface area (Å²) in [5, 5.41) is 0.436. The Balaban J connectivity index is 0.00000225. The summed E-state index contributed by atoms with van der Waals surface area (Å²) in [4.78, 5) is 0. The Kier molecular flexibility index (Phi) is 6.64. The average Bonchev–Trinajstić information content (AvgIpc) is 2.17. The minimum Gasteiger partial charge on any atom is -0.495 e. The van der Waals surface area contributed by atoms with E-state index in [0.717, 1.165) is 0 Å². The molecular weight excluding hydrogens is 259 g/mol. The fourth-order valence-corrected chi connectivity index (χ4v) is 1.43. The number of nitrogens with two attached hydrogens (primary N) is 1. The second-order valence-electron chi connectivity index (χ2n) is 3.13. The maximum absolute atomic E-state index is 12.1. The van der Waals surface area contributed by atoms with Gasteiger partial charge >= 0.3 is 0 Å². The van der Waals surface area contributed by atoms with Crippen LogP contribution in [0.3, 0.4) is 0 Å². The van der Waals surface area contributed by atoms with Gasteiger partial charge in [0.25, 0.3) is 0 Å². The normalized spacial score (nSPS) is 12.1. The maximum Gasteiger partial charge on any atom is 0.240 e. The minimum atomic E-state index is -2.42. The molecule has 1 aromatic rings. The van der Waals surface area contributed by atoms with Gasteiger partial charge in [-0.05, 0) is 17.7 Å². The van der Waals surface area contributed by atoms with Gasteiger partial charge in [0, 0.05) is 12.5 Å². The zero-order valence-corrected chi connectivity index (χ0v) is 10.2. The lowest BCUT2D eigenvalue weighted by molar-refractivity contribution is 0.128. The van der Waals surface area contributed by atoms with E-state index in [4.69, 9.17) is 22.1 Å². The molecule has 0 fully saturated rings. The van der Waals surface area contributed by atoms with Crippen LogP contribution in [0.25, 0.3) is 0 Å². The molecule has 0 aliphatic rings. The Labute approximate surface area is 104 Å². The largest absolute Gasteiger partial charge is 0.495 e. The highest BCUT2D eigenvalue weighted by molar-refractivity contribution is 6.32. The monoisotopic (exact) mass is 271 g/mol. The Bertz CT molecular complexity index is 337. The van der Waals surface area contributed by atoms with E-state index in [1.165, 1.54) is 7.11 Å². The lowest BCUT2D eigenvalue weighted by Crippen LogP contribution is -2.13. The minimum absolute atomic E-state index is 0. The van der Waals surface area contributed by atoms with Crippen LogP contribution in [0.5, 0.6) is 5.75 Å². The van der Waals surface area contributed by atoms with E-state index in [1.807, 2.05) is 0 Å². The van der Waals surface area contributed by atoms with Crippen LogP contribution in [0.15, 0.2) is 18.2 Å². The highest BCUT2D eigenvalue weighted by Gasteiger charge is 2.14. The molecule has 0 aliphatic carbocycles. The summed E-state index contributed by atoms with van der Waals surface area (Å²) in [5.41, 5.74) is 6.18. The van der Waals surface area contributed by atoms with Gasteiger partial charge < -0.3 is 10.5 Å². The van der Waals surface area contributed by atoms with Gasteiger partial charge in [0.05, 0.1) is 12.1 Å². The van der Waals surface area contributed by atoms with Crippen molar-refractivity contribution in [3.8, 4) is 5.75 Å². The first-order valence-corrected chi connectivity index (χ1v) is 4.79. The summed E-state index contributed by atoms with van der Waals surface area (Å²) < 4.78 is 29.2. The average molecular weight is 272 g/mol. The molecule has 0 saturated carbocycles. The molecule has 0 heterocycles. The second kappa shape index (κ2) is 6.89. The van der Waals surface area contributed by atoms with Crippen molar-refractivity contribution >= 4 is 24.0 Å². The van der Waals surface area contributed by atoms with Crippen molar-refractivity contribution in [3.05, 3.63) is 28.8 Å². The molecule has 1 aromatic carbocycles. The van der Waals surface area contributed by atoms with Crippen molar-refractivity contribution in [1.29, 1.82) is 0 Å². The highest BCUT2D eigenvalue weighted by atomic mass is 35.5. The van der Waals surface area contributed by atoms with E-state index in [2.05, 4.69) is 0 Å². The Morgan fingerprint density at radius 2 is 2.06 bits per heavy atom. The molecule has 0 amide bonds. The molecule has 0 unspecified atom stereocenters. The van der Waals surface area contributed by atoms with Gasteiger partial charge in [0.15, 0.2) is 0 Å². The number of hydrogen-bond acceptors (Lipinski definition) is 2. The van der Waals surface area contributed by atoms with Gasteiger partial charge in [-0.2, -0.15) is 0 Å². The van der Waals surface area contributed by atoms with Gasteiger partial charge in [-0.3, -0.25) is 0 Å². The van der Waals surface area contributed by atoms with Crippen molar-refractivity contribution in [2.75, 3.05) is 7.11 Å². The molecule has 0 saturated heterocycles. The number of methoxy groups -OCH3 is 1. The third-order valence-corrected chi connectivity index (χ3v) is 2.35. The molecule has 6 heteroatoms. The van der Waals surface area contributed by atoms with Crippen molar-refractivity contribution in [3.63, 3.8) is 0 Å². The highest BCUT2D eigenvalue weighted by Crippen LogP contribution is 2.28. The molecule has 0 bridgehead atoms. The van der Waals surface area contributed by atoms with Crippen LogP contribution < -0.4 is 10.5 Å². The van der Waals surface area contributed by atoms with Gasteiger partial charge in [-0.15, -0.1) is 12.4 Å². The summed E-state index contributed by atoms with van der Waals surface area (Å²) in [6.07, 6.45) is -2.79. The van der Waals surface area contributed by atoms with Crippen LogP contribution in [0.1, 0.15) is 18.0 Å². The zero-order chi connectivity index (χ0) is 11.4. The van der Waals surface area contributed by atoms with E-state index < -0.39 is 12.5 Å². The third kappa shape index (κ3) is 4.12. The van der Waals surface area contributed by atoms with Crippen LogP contribution >= 0.6 is 24.0 Å². The predicted molar refractivity (Wildman–Crippen MR) is 62.8 cm³/mol. The molecule has 0 spiro atoms. The topological polar surface area (TPSA) is 35.2 Å². The molecule has 2 nitrogen and oxygen atoms in total. The quantitative estimate of drug-likeness (QED) is 0.911. The molecule has 1 rings (SSSR count). The Hall–Kier alpha value is -0.580. The van der Waals surface area contributed by atoms with Gasteiger partial charge in [0.2, 0.25) is 6.43 Å². The number of hydrogen-bond donors (Lipinski definition) is 1. The second-order valence-corrected chi connectivity index (χ2v) is 3.53. The molecular formula is C10H13Cl2F2NO. The van der Waals surface area contributed by atoms with Crippen LogP contribution in [0.2, 0.25) is 5.02 Å². The molecule has 2 N–H and O–H groups in total. The number of alkyl halides is 2. The molecule has 0 radical (unpaired) electrons. The van der Waals surface area contributed by atoms with E-state index in [1.54, 1.807) is 18.2 Å². The Morgan fingerprint density at radius 3 is 2.56 bits per heavy atom. The van der Waals surface area contributed by atoms with Gasteiger partial charge in [-0.1, -0.05) is 17.7 Å². The number of halogens is 4. The van der Waals surface area contributed by atoms with Crippen LogP contribution in [-0.4, -0.2) is 13.5 Å². The summed E-state index contributed by atoms with van der Waals surface area (Å²) in [6, 6.07) is 4.09. The lowest BCUT2D eigenvalue weighted by Gasteiger charge is -2.13. The number of benzene rings is 1. The van der Waals surface area contributed by atoms with Gasteiger partial charge in [0.1, 0.15) is 5.75 Å². The molecule has 1 atom stereocenters. The first-order valence-electron chi connectivity index (χ1n) is 4.41. The summed E-state index contributed by atoms with van der Waals surface area (Å²) in [5.74, 6) is 0.443. The van der Waals surface area contributed by atoms with E-state index in [-0.39, 0.29) is 18.8 Å². The van der Waals surface area contributed by atoms with Crippen LogP contribution in [-0.2, 0) is 0 Å². The number of rotatable bonds is 4. The smallest absolute Gasteiger partial charge is 0.240 e. The van der Waals surface area contributed by atoms with E-state index >= 15 is 0 Å². The number of ether oxygens (including phenoxy) is 1. The van der Waals surface area contributed by atoms with Gasteiger partial charge in [-0.25, -0.2) is 8.78 Å². The maximum atomic E-state index is 12.1. The molecule has 92 valence electrons. The fourth-order valence-electron chi connectivity index (χ4n) is 1.24. The molecule has 0 aliphatic heterocycles. The summed E-state index contributed by atoms with van der Waals surface area (Å²) in [6.45, 7) is 0. The van der Waals surface area contributed by atoms with Crippen molar-refractivity contribution in [2.24, 2.45) is 5.73 Å². The Morgan fingerprint density at radius 1 is 1.44 bits per heavy atom. The first kappa shape index (κ1) is 15.4. The first-order chi connectivity index (χ1) is 7.04. The van der Waals surface area contributed by atoms with Crippen molar-refractivity contribution < 1.29 is 13.5 Å². The third-order valence-electron chi connectivity index (χ3n) is 2.04. The molecule has 0 aromatic heterocycles. The van der Waals surface area contributed by atoms with Crippen molar-refractivity contribution in [1.82, 2.24) is 0 Å². The molecule has 16 heavy (non-hydrogen) atoms. The predicted octanol–water partition coefficient (Wildman–Crippen LogP) is 3.43. The summed E-state index contributed by atoms with van der Waals surface area (Å²) in [7, 11) is 1.46. The van der Waals surface area contributed by atoms with Crippen LogP contribution in [0, 0.1) is 0 Å². The van der Waals surface area contributed by atoms with Crippen molar-refractivity contribution in [2.45, 2.75) is 18.9 Å². The lowest BCUT2D eigenvalue weighted by atomic mass is 10.0. The zero-order valence-electron chi connectivity index (χ0n) is 8.62.